The number of nitrogens with one attached hydrogen (secondary N) is 1. The number of benzene rings is 2. The molecule has 0 radical (unpaired) electrons. The monoisotopic (exact) mass is 305 g/mol. The van der Waals surface area contributed by atoms with Crippen LogP contribution in [0.25, 0.3) is 0 Å². The fraction of sp³-hybridized carbons (Fsp3) is 0.333. The van der Waals surface area contributed by atoms with Crippen molar-refractivity contribution < 1.29 is 13.2 Å². The predicted molar refractivity (Wildman–Crippen MR) is 82.0 cm³/mol. The van der Waals surface area contributed by atoms with Crippen LogP contribution in [0.1, 0.15) is 48.1 Å². The van der Waals surface area contributed by atoms with Gasteiger partial charge in [-0.2, -0.15) is 13.2 Å². The lowest BCUT2D eigenvalue weighted by molar-refractivity contribution is -0.137. The van der Waals surface area contributed by atoms with Crippen molar-refractivity contribution in [1.29, 1.82) is 0 Å². The first-order chi connectivity index (χ1) is 10.3. The Hall–Kier alpha value is -1.97. The summed E-state index contributed by atoms with van der Waals surface area (Å²) < 4.78 is 38.5. The molecule has 0 amide bonds. The number of hydrogen-bond acceptors (Lipinski definition) is 1. The predicted octanol–water partition coefficient (Wildman–Crippen LogP) is 5.54. The first kappa shape index (κ1) is 14.9. The molecule has 0 spiro atoms. The van der Waals surface area contributed by atoms with Gasteiger partial charge in [0.15, 0.2) is 0 Å². The highest BCUT2D eigenvalue weighted by molar-refractivity contribution is 5.59. The smallest absolute Gasteiger partial charge is 0.378 e. The van der Waals surface area contributed by atoms with Gasteiger partial charge in [-0.15, -0.1) is 0 Å². The van der Waals surface area contributed by atoms with E-state index in [-0.39, 0.29) is 6.04 Å². The van der Waals surface area contributed by atoms with Gasteiger partial charge in [-0.05, 0) is 47.2 Å². The van der Waals surface area contributed by atoms with E-state index < -0.39 is 11.7 Å². The first-order valence-corrected chi connectivity index (χ1v) is 7.41. The van der Waals surface area contributed by atoms with Crippen molar-refractivity contribution in [2.24, 2.45) is 0 Å². The van der Waals surface area contributed by atoms with Crippen molar-refractivity contribution >= 4 is 5.69 Å². The van der Waals surface area contributed by atoms with Crippen molar-refractivity contribution in [3.05, 3.63) is 64.7 Å². The number of rotatable bonds is 2. The molecule has 22 heavy (non-hydrogen) atoms. The molecule has 116 valence electrons. The second-order valence-electron chi connectivity index (χ2n) is 6.10. The fourth-order valence-electron chi connectivity index (χ4n) is 2.87. The molecule has 0 saturated heterocycles. The maximum Gasteiger partial charge on any atom is 0.416 e. The summed E-state index contributed by atoms with van der Waals surface area (Å²) >= 11 is 0. The molecule has 1 aliphatic rings. The maximum absolute atomic E-state index is 12.8. The molecule has 0 fully saturated rings. The molecule has 0 aliphatic carbocycles. The average Bonchev–Trinajstić information content (AvgIpc) is 2.89. The van der Waals surface area contributed by atoms with E-state index >= 15 is 0 Å². The second-order valence-corrected chi connectivity index (χ2v) is 6.10. The third-order valence-corrected chi connectivity index (χ3v) is 4.17. The van der Waals surface area contributed by atoms with Crippen LogP contribution in [0.4, 0.5) is 18.9 Å². The van der Waals surface area contributed by atoms with Gasteiger partial charge in [0.1, 0.15) is 0 Å². The second kappa shape index (κ2) is 5.34. The molecule has 3 rings (SSSR count). The summed E-state index contributed by atoms with van der Waals surface area (Å²) in [6.45, 7) is 4.27. The van der Waals surface area contributed by atoms with Gasteiger partial charge in [0.25, 0.3) is 0 Å². The molecule has 1 unspecified atom stereocenters. The summed E-state index contributed by atoms with van der Waals surface area (Å²) in [5.74, 6) is 0.443. The summed E-state index contributed by atoms with van der Waals surface area (Å²) in [4.78, 5) is 0. The molecule has 4 heteroatoms. The molecular formula is C18H18F3N. The van der Waals surface area contributed by atoms with Crippen LogP contribution < -0.4 is 5.32 Å². The van der Waals surface area contributed by atoms with Gasteiger partial charge < -0.3 is 5.32 Å². The highest BCUT2D eigenvalue weighted by atomic mass is 19.4. The molecule has 2 aromatic rings. The van der Waals surface area contributed by atoms with E-state index in [4.69, 9.17) is 0 Å². The Kier molecular flexibility index (Phi) is 3.63. The van der Waals surface area contributed by atoms with Gasteiger partial charge >= 0.3 is 6.18 Å². The van der Waals surface area contributed by atoms with Crippen LogP contribution in [0.5, 0.6) is 0 Å². The zero-order chi connectivity index (χ0) is 15.9. The van der Waals surface area contributed by atoms with Crippen LogP contribution in [-0.2, 0) is 12.6 Å². The Morgan fingerprint density at radius 1 is 1.09 bits per heavy atom. The number of halogens is 3. The molecule has 1 atom stereocenters. The van der Waals surface area contributed by atoms with Gasteiger partial charge in [0.2, 0.25) is 0 Å². The van der Waals surface area contributed by atoms with Crippen molar-refractivity contribution in [2.45, 2.75) is 38.4 Å². The minimum atomic E-state index is -4.30. The van der Waals surface area contributed by atoms with E-state index in [1.165, 1.54) is 23.3 Å². The fourth-order valence-corrected chi connectivity index (χ4v) is 2.87. The number of anilines is 1. The topological polar surface area (TPSA) is 12.0 Å². The number of alkyl halides is 3. The van der Waals surface area contributed by atoms with E-state index in [2.05, 4.69) is 31.3 Å². The van der Waals surface area contributed by atoms with E-state index in [0.29, 0.717) is 11.5 Å². The summed E-state index contributed by atoms with van der Waals surface area (Å²) in [6, 6.07) is 11.7. The quantitative estimate of drug-likeness (QED) is 0.768. The summed E-state index contributed by atoms with van der Waals surface area (Å²) in [5.41, 5.74) is 3.54. The molecule has 1 N–H and O–H groups in total. The molecule has 1 heterocycles. The number of fused-ring (bicyclic) bond motifs is 1. The van der Waals surface area contributed by atoms with Crippen LogP contribution in [0, 0.1) is 0 Å². The highest BCUT2D eigenvalue weighted by Gasteiger charge is 2.31. The van der Waals surface area contributed by atoms with Crippen LogP contribution in [-0.4, -0.2) is 0 Å². The Bertz CT molecular complexity index is 689. The van der Waals surface area contributed by atoms with Crippen LogP contribution in [0.3, 0.4) is 0 Å². The Labute approximate surface area is 128 Å². The third-order valence-electron chi connectivity index (χ3n) is 4.17. The van der Waals surface area contributed by atoms with Crippen molar-refractivity contribution in [3.8, 4) is 0 Å². The van der Waals surface area contributed by atoms with Gasteiger partial charge in [-0.25, -0.2) is 0 Å². The standard InChI is InChI=1S/C18H18F3N/c1-11(2)12-6-7-16-14(8-12)10-17(22-16)13-4-3-5-15(9-13)18(19,20)21/h3-9,11,17,22H,10H2,1-2H3. The van der Waals surface area contributed by atoms with Gasteiger partial charge in [-0.1, -0.05) is 38.1 Å². The molecule has 2 aromatic carbocycles. The first-order valence-electron chi connectivity index (χ1n) is 7.41. The van der Waals surface area contributed by atoms with Gasteiger partial charge in [0, 0.05) is 5.69 Å². The van der Waals surface area contributed by atoms with E-state index in [9.17, 15) is 13.2 Å². The van der Waals surface area contributed by atoms with E-state index in [0.717, 1.165) is 18.2 Å². The van der Waals surface area contributed by atoms with Crippen LogP contribution in [0.2, 0.25) is 0 Å². The van der Waals surface area contributed by atoms with Crippen LogP contribution in [0.15, 0.2) is 42.5 Å². The zero-order valence-electron chi connectivity index (χ0n) is 12.5. The minimum Gasteiger partial charge on any atom is -0.378 e. The zero-order valence-corrected chi connectivity index (χ0v) is 12.5. The van der Waals surface area contributed by atoms with Crippen molar-refractivity contribution in [3.63, 3.8) is 0 Å². The van der Waals surface area contributed by atoms with Crippen molar-refractivity contribution in [2.75, 3.05) is 5.32 Å². The summed E-state index contributed by atoms with van der Waals surface area (Å²) in [7, 11) is 0. The van der Waals surface area contributed by atoms with Gasteiger partial charge in [0.05, 0.1) is 11.6 Å². The van der Waals surface area contributed by atoms with E-state index in [1.54, 1.807) is 6.07 Å². The van der Waals surface area contributed by atoms with Crippen molar-refractivity contribution in [1.82, 2.24) is 0 Å². The lowest BCUT2D eigenvalue weighted by atomic mass is 9.97. The Balaban J connectivity index is 1.87. The molecule has 0 bridgehead atoms. The molecule has 1 aliphatic heterocycles. The minimum absolute atomic E-state index is 0.0975. The lowest BCUT2D eigenvalue weighted by Gasteiger charge is -2.14. The summed E-state index contributed by atoms with van der Waals surface area (Å²) in [5, 5.41) is 3.33. The molecular weight excluding hydrogens is 287 g/mol. The third kappa shape index (κ3) is 2.82. The molecule has 1 nitrogen and oxygen atoms in total. The van der Waals surface area contributed by atoms with E-state index in [1.807, 2.05) is 6.07 Å². The normalized spacial score (nSPS) is 17.5. The number of hydrogen-bond donors (Lipinski definition) is 1. The largest absolute Gasteiger partial charge is 0.416 e. The maximum atomic E-state index is 12.8. The summed E-state index contributed by atoms with van der Waals surface area (Å²) in [6.07, 6.45) is -3.58. The average molecular weight is 305 g/mol. The SMILES string of the molecule is CC(C)c1ccc2c(c1)CC(c1cccc(C(F)(F)F)c1)N2. The Morgan fingerprint density at radius 3 is 2.55 bits per heavy atom. The lowest BCUT2D eigenvalue weighted by Crippen LogP contribution is -2.09. The molecule has 0 saturated carbocycles. The molecule has 0 aromatic heterocycles. The highest BCUT2D eigenvalue weighted by Crippen LogP contribution is 2.37. The van der Waals surface area contributed by atoms with Crippen LogP contribution >= 0.6 is 0 Å². The van der Waals surface area contributed by atoms with Gasteiger partial charge in [-0.3, -0.25) is 0 Å². The Morgan fingerprint density at radius 2 is 1.86 bits per heavy atom.